The summed E-state index contributed by atoms with van der Waals surface area (Å²) in [5, 5.41) is 4.13. The maximum absolute atomic E-state index is 11.6. The lowest BCUT2D eigenvalue weighted by atomic mass is 10.1. The number of carbonyl (C=O) groups excluding carboxylic acids is 1. The van der Waals surface area contributed by atoms with Gasteiger partial charge < -0.3 is 15.0 Å². The lowest BCUT2D eigenvalue weighted by Gasteiger charge is -2.41. The van der Waals surface area contributed by atoms with E-state index in [1.165, 1.54) is 16.6 Å². The van der Waals surface area contributed by atoms with Gasteiger partial charge in [-0.05, 0) is 62.2 Å². The van der Waals surface area contributed by atoms with Gasteiger partial charge in [-0.2, -0.15) is 0 Å². The fourth-order valence-electron chi connectivity index (χ4n) is 4.62. The molecular formula is C25H28N4O2. The van der Waals surface area contributed by atoms with E-state index in [9.17, 15) is 4.79 Å². The smallest absolute Gasteiger partial charge is 0.262 e. The second-order valence-corrected chi connectivity index (χ2v) is 8.54. The van der Waals surface area contributed by atoms with Crippen LogP contribution in [0.5, 0.6) is 5.75 Å². The summed E-state index contributed by atoms with van der Waals surface area (Å²) in [6.07, 6.45) is 0.949. The summed E-state index contributed by atoms with van der Waals surface area (Å²) < 4.78 is 5.46. The number of anilines is 2. The summed E-state index contributed by atoms with van der Waals surface area (Å²) in [4.78, 5) is 21.3. The Morgan fingerprint density at radius 2 is 2.06 bits per heavy atom. The first-order valence-corrected chi connectivity index (χ1v) is 11.0. The van der Waals surface area contributed by atoms with Crippen molar-refractivity contribution >= 4 is 28.2 Å². The number of fused-ring (bicyclic) bond motifs is 2. The SMILES string of the molecule is Cc1ccc2c(N3CCN(CCc4ccc5c(c4)NC(=O)CO5)[C@@H](C)C3)cccc2n1. The van der Waals surface area contributed by atoms with Crippen molar-refractivity contribution < 1.29 is 9.53 Å². The molecule has 5 rings (SSSR count). The second kappa shape index (κ2) is 8.19. The van der Waals surface area contributed by atoms with Crippen molar-refractivity contribution in [3.63, 3.8) is 0 Å². The molecular weight excluding hydrogens is 388 g/mol. The van der Waals surface area contributed by atoms with E-state index < -0.39 is 0 Å². The van der Waals surface area contributed by atoms with Crippen molar-refractivity contribution in [2.75, 3.05) is 43.0 Å². The third kappa shape index (κ3) is 4.08. The summed E-state index contributed by atoms with van der Waals surface area (Å²) in [7, 11) is 0. The molecule has 0 radical (unpaired) electrons. The molecule has 0 aliphatic carbocycles. The minimum absolute atomic E-state index is 0.0896. The number of rotatable bonds is 4. The topological polar surface area (TPSA) is 57.7 Å². The van der Waals surface area contributed by atoms with E-state index in [1.54, 1.807) is 0 Å². The molecule has 0 unspecified atom stereocenters. The Labute approximate surface area is 182 Å². The molecule has 3 heterocycles. The molecule has 2 aliphatic heterocycles. The quantitative estimate of drug-likeness (QED) is 0.704. The van der Waals surface area contributed by atoms with E-state index in [1.807, 2.05) is 19.1 Å². The summed E-state index contributed by atoms with van der Waals surface area (Å²) in [5.41, 5.74) is 5.40. The van der Waals surface area contributed by atoms with Gasteiger partial charge in [-0.1, -0.05) is 12.1 Å². The highest BCUT2D eigenvalue weighted by Crippen LogP contribution is 2.30. The number of carbonyl (C=O) groups is 1. The zero-order valence-electron chi connectivity index (χ0n) is 18.1. The fourth-order valence-corrected chi connectivity index (χ4v) is 4.62. The van der Waals surface area contributed by atoms with Crippen molar-refractivity contribution in [3.05, 3.63) is 59.8 Å². The average molecular weight is 417 g/mol. The van der Waals surface area contributed by atoms with E-state index >= 15 is 0 Å². The summed E-state index contributed by atoms with van der Waals surface area (Å²) in [6.45, 7) is 8.48. The average Bonchev–Trinajstić information content (AvgIpc) is 2.77. The van der Waals surface area contributed by atoms with Gasteiger partial charge in [0.2, 0.25) is 0 Å². The van der Waals surface area contributed by atoms with Crippen LogP contribution in [-0.4, -0.2) is 54.6 Å². The number of piperazine rings is 1. The van der Waals surface area contributed by atoms with Crippen LogP contribution in [-0.2, 0) is 11.2 Å². The highest BCUT2D eigenvalue weighted by atomic mass is 16.5. The largest absolute Gasteiger partial charge is 0.482 e. The summed E-state index contributed by atoms with van der Waals surface area (Å²) in [6, 6.07) is 17.3. The van der Waals surface area contributed by atoms with Crippen molar-refractivity contribution in [3.8, 4) is 5.75 Å². The third-order valence-corrected chi connectivity index (χ3v) is 6.32. The number of pyridine rings is 1. The number of nitrogens with zero attached hydrogens (tertiary/aromatic N) is 3. The van der Waals surface area contributed by atoms with Gasteiger partial charge in [-0.15, -0.1) is 0 Å². The number of ether oxygens (including phenoxy) is 1. The number of aromatic nitrogens is 1. The van der Waals surface area contributed by atoms with Crippen LogP contribution in [0, 0.1) is 6.92 Å². The van der Waals surface area contributed by atoms with E-state index in [4.69, 9.17) is 9.72 Å². The van der Waals surface area contributed by atoms with Gasteiger partial charge in [-0.3, -0.25) is 14.7 Å². The molecule has 6 heteroatoms. The maximum atomic E-state index is 11.6. The Morgan fingerprint density at radius 3 is 2.94 bits per heavy atom. The lowest BCUT2D eigenvalue weighted by Crippen LogP contribution is -2.52. The van der Waals surface area contributed by atoms with Crippen LogP contribution in [0.3, 0.4) is 0 Å². The van der Waals surface area contributed by atoms with Crippen LogP contribution in [0.15, 0.2) is 48.5 Å². The number of hydrogen-bond donors (Lipinski definition) is 1. The first-order chi connectivity index (χ1) is 15.1. The van der Waals surface area contributed by atoms with Gasteiger partial charge in [0.1, 0.15) is 5.75 Å². The minimum atomic E-state index is -0.0896. The summed E-state index contributed by atoms with van der Waals surface area (Å²) in [5.74, 6) is 0.665. The van der Waals surface area contributed by atoms with E-state index in [2.05, 4.69) is 58.4 Å². The number of hydrogen-bond acceptors (Lipinski definition) is 5. The minimum Gasteiger partial charge on any atom is -0.482 e. The molecule has 1 atom stereocenters. The first-order valence-electron chi connectivity index (χ1n) is 11.0. The monoisotopic (exact) mass is 416 g/mol. The summed E-state index contributed by atoms with van der Waals surface area (Å²) >= 11 is 0. The van der Waals surface area contributed by atoms with Gasteiger partial charge in [0.25, 0.3) is 5.91 Å². The number of benzene rings is 2. The highest BCUT2D eigenvalue weighted by molar-refractivity contribution is 5.95. The Kier molecular flexibility index (Phi) is 5.24. The third-order valence-electron chi connectivity index (χ3n) is 6.32. The zero-order valence-corrected chi connectivity index (χ0v) is 18.1. The Morgan fingerprint density at radius 1 is 1.16 bits per heavy atom. The van der Waals surface area contributed by atoms with Crippen molar-refractivity contribution in [2.45, 2.75) is 26.3 Å². The maximum Gasteiger partial charge on any atom is 0.262 e. The van der Waals surface area contributed by atoms with Crippen LogP contribution in [0.25, 0.3) is 10.9 Å². The number of nitrogens with one attached hydrogen (secondary N) is 1. The predicted octanol–water partition coefficient (Wildman–Crippen LogP) is 3.63. The van der Waals surface area contributed by atoms with Crippen molar-refractivity contribution in [1.29, 1.82) is 0 Å². The molecule has 31 heavy (non-hydrogen) atoms. The zero-order chi connectivity index (χ0) is 21.4. The lowest BCUT2D eigenvalue weighted by molar-refractivity contribution is -0.118. The van der Waals surface area contributed by atoms with Gasteiger partial charge in [-0.25, -0.2) is 0 Å². The Balaban J connectivity index is 1.24. The van der Waals surface area contributed by atoms with Crippen molar-refractivity contribution in [2.24, 2.45) is 0 Å². The first kappa shape index (κ1) is 19.8. The van der Waals surface area contributed by atoms with Crippen LogP contribution in [0.1, 0.15) is 18.2 Å². The van der Waals surface area contributed by atoms with Crippen LogP contribution in [0.2, 0.25) is 0 Å². The number of aryl methyl sites for hydroxylation is 1. The van der Waals surface area contributed by atoms with Gasteiger partial charge in [0.05, 0.1) is 11.2 Å². The molecule has 0 saturated carbocycles. The molecule has 1 saturated heterocycles. The number of amides is 1. The van der Waals surface area contributed by atoms with Crippen LogP contribution >= 0.6 is 0 Å². The Hall–Kier alpha value is -3.12. The van der Waals surface area contributed by atoms with Gasteiger partial charge in [0, 0.05) is 49.0 Å². The van der Waals surface area contributed by atoms with Crippen molar-refractivity contribution in [1.82, 2.24) is 9.88 Å². The van der Waals surface area contributed by atoms with E-state index in [0.717, 1.165) is 55.2 Å². The second-order valence-electron chi connectivity index (χ2n) is 8.54. The van der Waals surface area contributed by atoms with Crippen LogP contribution in [0.4, 0.5) is 11.4 Å². The molecule has 2 aromatic carbocycles. The molecule has 2 aliphatic rings. The normalized spacial score (nSPS) is 19.1. The molecule has 3 aromatic rings. The van der Waals surface area contributed by atoms with E-state index in [0.29, 0.717) is 6.04 Å². The van der Waals surface area contributed by atoms with Crippen LogP contribution < -0.4 is 15.0 Å². The standard InChI is InChI=1S/C25H28N4O2/c1-17-6-8-20-21(26-17)4-3-5-23(20)29-13-12-28(18(2)15-29)11-10-19-7-9-24-22(14-19)27-25(30)16-31-24/h3-9,14,18H,10-13,15-16H2,1-2H3,(H,27,30)/t18-/m0/s1. The molecule has 6 nitrogen and oxygen atoms in total. The fraction of sp³-hybridized carbons (Fsp3) is 0.360. The molecule has 160 valence electrons. The molecule has 1 amide bonds. The van der Waals surface area contributed by atoms with Gasteiger partial charge >= 0.3 is 0 Å². The highest BCUT2D eigenvalue weighted by Gasteiger charge is 2.25. The Bertz CT molecular complexity index is 1130. The molecule has 0 spiro atoms. The molecule has 1 N–H and O–H groups in total. The molecule has 1 fully saturated rings. The van der Waals surface area contributed by atoms with Gasteiger partial charge in [0.15, 0.2) is 6.61 Å². The molecule has 0 bridgehead atoms. The predicted molar refractivity (Wildman–Crippen MR) is 124 cm³/mol. The molecule has 1 aromatic heterocycles. The van der Waals surface area contributed by atoms with E-state index in [-0.39, 0.29) is 12.5 Å².